The van der Waals surface area contributed by atoms with Crippen LogP contribution in [0.2, 0.25) is 0 Å². The molecule has 0 unspecified atom stereocenters. The smallest absolute Gasteiger partial charge is 0.135 e. The van der Waals surface area contributed by atoms with Crippen LogP contribution in [0.4, 0.5) is 5.82 Å². The van der Waals surface area contributed by atoms with Gasteiger partial charge >= 0.3 is 0 Å². The van der Waals surface area contributed by atoms with Crippen molar-refractivity contribution in [2.24, 2.45) is 0 Å². The highest BCUT2D eigenvalue weighted by Gasteiger charge is 2.22. The van der Waals surface area contributed by atoms with E-state index in [9.17, 15) is 0 Å². The fraction of sp³-hybridized carbons (Fsp3) is 0.500. The third-order valence-corrected chi connectivity index (χ3v) is 4.41. The first-order valence-electron chi connectivity index (χ1n) is 6.02. The second kappa shape index (κ2) is 4.23. The van der Waals surface area contributed by atoms with Crippen LogP contribution in [-0.4, -0.2) is 28.0 Å². The highest BCUT2D eigenvalue weighted by Crippen LogP contribution is 2.36. The van der Waals surface area contributed by atoms with Crippen LogP contribution < -0.4 is 5.73 Å². The molecule has 0 aliphatic carbocycles. The minimum Gasteiger partial charge on any atom is -0.383 e. The molecule has 17 heavy (non-hydrogen) atoms. The summed E-state index contributed by atoms with van der Waals surface area (Å²) in [6.07, 6.45) is 3.85. The molecule has 1 aliphatic rings. The van der Waals surface area contributed by atoms with Gasteiger partial charge in [0.05, 0.1) is 5.39 Å². The average Bonchev–Trinajstić information content (AvgIpc) is 2.68. The second-order valence-corrected chi connectivity index (χ2v) is 5.55. The minimum absolute atomic E-state index is 0.636. The van der Waals surface area contributed by atoms with E-state index < -0.39 is 0 Å². The summed E-state index contributed by atoms with van der Waals surface area (Å²) in [4.78, 5) is 13.4. The van der Waals surface area contributed by atoms with Gasteiger partial charge in [-0.25, -0.2) is 9.97 Å². The lowest BCUT2D eigenvalue weighted by molar-refractivity contribution is 0.258. The van der Waals surface area contributed by atoms with Crippen molar-refractivity contribution in [1.29, 1.82) is 0 Å². The quantitative estimate of drug-likeness (QED) is 0.883. The normalized spacial score (nSPS) is 16.3. The summed E-state index contributed by atoms with van der Waals surface area (Å²) in [5.74, 6) is 0.636. The Bertz CT molecular complexity index is 549. The summed E-state index contributed by atoms with van der Waals surface area (Å²) in [6, 6.07) is 0. The number of aromatic nitrogens is 2. The largest absolute Gasteiger partial charge is 0.383 e. The summed E-state index contributed by atoms with van der Waals surface area (Å²) in [5.41, 5.74) is 7.34. The molecule has 3 rings (SSSR count). The maximum atomic E-state index is 5.96. The number of nitrogen functional groups attached to an aromatic ring is 1. The van der Waals surface area contributed by atoms with Gasteiger partial charge in [0.1, 0.15) is 17.0 Å². The molecule has 0 saturated heterocycles. The predicted octanol–water partition coefficient (Wildman–Crippen LogP) is 2.04. The Labute approximate surface area is 104 Å². The molecule has 1 aliphatic heterocycles. The molecular formula is C12H16N4S. The summed E-state index contributed by atoms with van der Waals surface area (Å²) < 4.78 is 0. The Morgan fingerprint density at radius 2 is 2.35 bits per heavy atom. The minimum atomic E-state index is 0.636. The number of anilines is 1. The van der Waals surface area contributed by atoms with E-state index in [4.69, 9.17) is 5.73 Å². The molecule has 0 saturated carbocycles. The van der Waals surface area contributed by atoms with Crippen LogP contribution in [0.15, 0.2) is 6.33 Å². The van der Waals surface area contributed by atoms with Gasteiger partial charge in [-0.05, 0) is 24.9 Å². The van der Waals surface area contributed by atoms with Gasteiger partial charge < -0.3 is 5.73 Å². The highest BCUT2D eigenvalue weighted by molar-refractivity contribution is 7.18. The molecule has 0 spiro atoms. The van der Waals surface area contributed by atoms with E-state index in [-0.39, 0.29) is 0 Å². The Morgan fingerprint density at radius 3 is 3.18 bits per heavy atom. The third-order valence-electron chi connectivity index (χ3n) is 3.29. The molecule has 90 valence electrons. The number of hydrogen-bond donors (Lipinski definition) is 1. The first-order chi connectivity index (χ1) is 8.29. The molecule has 2 aromatic rings. The van der Waals surface area contributed by atoms with E-state index in [1.807, 2.05) is 0 Å². The zero-order valence-corrected chi connectivity index (χ0v) is 10.8. The third kappa shape index (κ3) is 1.79. The van der Waals surface area contributed by atoms with E-state index in [0.717, 1.165) is 29.7 Å². The monoisotopic (exact) mass is 248 g/mol. The second-order valence-electron chi connectivity index (χ2n) is 4.47. The van der Waals surface area contributed by atoms with Gasteiger partial charge in [0, 0.05) is 18.0 Å². The average molecular weight is 248 g/mol. The molecule has 0 radical (unpaired) electrons. The maximum absolute atomic E-state index is 5.96. The lowest BCUT2D eigenvalue weighted by atomic mass is 10.1. The van der Waals surface area contributed by atoms with Crippen molar-refractivity contribution < 1.29 is 0 Å². The zero-order chi connectivity index (χ0) is 11.8. The molecule has 2 aromatic heterocycles. The Balaban J connectivity index is 2.05. The molecule has 0 bridgehead atoms. The number of nitrogens with zero attached hydrogens (tertiary/aromatic N) is 3. The van der Waals surface area contributed by atoms with Crippen LogP contribution in [0.3, 0.4) is 0 Å². The fourth-order valence-corrected chi connectivity index (χ4v) is 3.75. The zero-order valence-electron chi connectivity index (χ0n) is 9.94. The highest BCUT2D eigenvalue weighted by atomic mass is 32.1. The SMILES string of the molecule is CCCN1CCc2c(sc3ncnc(N)c23)C1. The summed E-state index contributed by atoms with van der Waals surface area (Å²) in [6.45, 7) is 5.57. The van der Waals surface area contributed by atoms with Crippen molar-refractivity contribution in [3.05, 3.63) is 16.8 Å². The summed E-state index contributed by atoms with van der Waals surface area (Å²) in [7, 11) is 0. The van der Waals surface area contributed by atoms with Gasteiger partial charge in [0.15, 0.2) is 0 Å². The Hall–Kier alpha value is -1.20. The molecular weight excluding hydrogens is 232 g/mol. The Kier molecular flexibility index (Phi) is 2.72. The van der Waals surface area contributed by atoms with E-state index in [0.29, 0.717) is 5.82 Å². The summed E-state index contributed by atoms with van der Waals surface area (Å²) in [5, 5.41) is 1.10. The van der Waals surface area contributed by atoms with Gasteiger partial charge in [0.2, 0.25) is 0 Å². The lowest BCUT2D eigenvalue weighted by Gasteiger charge is -2.26. The first kappa shape index (κ1) is 10.9. The first-order valence-corrected chi connectivity index (χ1v) is 6.84. The number of hydrogen-bond acceptors (Lipinski definition) is 5. The van der Waals surface area contributed by atoms with Crippen molar-refractivity contribution in [1.82, 2.24) is 14.9 Å². The van der Waals surface area contributed by atoms with E-state index >= 15 is 0 Å². The van der Waals surface area contributed by atoms with Gasteiger partial charge in [-0.1, -0.05) is 6.92 Å². The van der Waals surface area contributed by atoms with Crippen molar-refractivity contribution in [3.8, 4) is 0 Å². The number of thiophene rings is 1. The molecule has 4 nitrogen and oxygen atoms in total. The number of rotatable bonds is 2. The fourth-order valence-electron chi connectivity index (χ4n) is 2.51. The van der Waals surface area contributed by atoms with E-state index in [2.05, 4.69) is 21.8 Å². The maximum Gasteiger partial charge on any atom is 0.135 e. The lowest BCUT2D eigenvalue weighted by Crippen LogP contribution is -2.30. The molecule has 0 aromatic carbocycles. The molecule has 0 fully saturated rings. The van der Waals surface area contributed by atoms with Crippen LogP contribution in [0.1, 0.15) is 23.8 Å². The summed E-state index contributed by atoms with van der Waals surface area (Å²) >= 11 is 1.77. The standard InChI is InChI=1S/C12H16N4S/c1-2-4-16-5-3-8-9(6-16)17-12-10(8)11(13)14-7-15-12/h7H,2-6H2,1H3,(H2,13,14,15). The van der Waals surface area contributed by atoms with Gasteiger partial charge in [-0.3, -0.25) is 4.90 Å². The van der Waals surface area contributed by atoms with Gasteiger partial charge in [-0.15, -0.1) is 11.3 Å². The van der Waals surface area contributed by atoms with Crippen LogP contribution in [0, 0.1) is 0 Å². The number of nitrogens with two attached hydrogens (primary N) is 1. The van der Waals surface area contributed by atoms with Crippen LogP contribution in [-0.2, 0) is 13.0 Å². The molecule has 5 heteroatoms. The van der Waals surface area contributed by atoms with Crippen molar-refractivity contribution in [2.75, 3.05) is 18.8 Å². The van der Waals surface area contributed by atoms with Crippen LogP contribution >= 0.6 is 11.3 Å². The molecule has 0 amide bonds. The van der Waals surface area contributed by atoms with Crippen LogP contribution in [0.5, 0.6) is 0 Å². The van der Waals surface area contributed by atoms with Crippen molar-refractivity contribution in [3.63, 3.8) is 0 Å². The topological polar surface area (TPSA) is 55.0 Å². The number of fused-ring (bicyclic) bond motifs is 3. The molecule has 3 heterocycles. The van der Waals surface area contributed by atoms with Crippen LogP contribution in [0.25, 0.3) is 10.2 Å². The van der Waals surface area contributed by atoms with Gasteiger partial charge in [0.25, 0.3) is 0 Å². The molecule has 0 atom stereocenters. The van der Waals surface area contributed by atoms with E-state index in [1.165, 1.54) is 23.4 Å². The molecule has 2 N–H and O–H groups in total. The van der Waals surface area contributed by atoms with Crippen molar-refractivity contribution in [2.45, 2.75) is 26.3 Å². The Morgan fingerprint density at radius 1 is 1.47 bits per heavy atom. The van der Waals surface area contributed by atoms with Gasteiger partial charge in [-0.2, -0.15) is 0 Å². The predicted molar refractivity (Wildman–Crippen MR) is 71.1 cm³/mol. The van der Waals surface area contributed by atoms with Crippen molar-refractivity contribution >= 4 is 27.4 Å². The van der Waals surface area contributed by atoms with E-state index in [1.54, 1.807) is 17.7 Å².